The molecule has 0 aliphatic heterocycles. The number of benzene rings is 3. The third-order valence-corrected chi connectivity index (χ3v) is 4.90. The Bertz CT molecular complexity index is 915. The van der Waals surface area contributed by atoms with Gasteiger partial charge in [-0.3, -0.25) is 0 Å². The van der Waals surface area contributed by atoms with Crippen LogP contribution in [0.15, 0.2) is 66.7 Å². The predicted octanol–water partition coefficient (Wildman–Crippen LogP) is 5.27. The van der Waals surface area contributed by atoms with Crippen LogP contribution >= 0.6 is 11.6 Å². The molecule has 29 heavy (non-hydrogen) atoms. The molecule has 0 aliphatic carbocycles. The number of nitrogens with one attached hydrogen (secondary N) is 1. The van der Waals surface area contributed by atoms with Crippen LogP contribution in [0, 0.1) is 0 Å². The van der Waals surface area contributed by atoms with Gasteiger partial charge in [0.05, 0.1) is 19.2 Å². The minimum Gasteiger partial charge on any atom is -0.493 e. The number of hydrogen-bond acceptors (Lipinski definition) is 4. The van der Waals surface area contributed by atoms with Crippen molar-refractivity contribution in [1.29, 1.82) is 0 Å². The maximum atomic E-state index is 6.39. The first-order chi connectivity index (χ1) is 14.2. The van der Waals surface area contributed by atoms with E-state index >= 15 is 0 Å². The molecule has 0 bridgehead atoms. The molecule has 4 nitrogen and oxygen atoms in total. The monoisotopic (exact) mass is 411 g/mol. The van der Waals surface area contributed by atoms with Crippen LogP contribution in [0.4, 0.5) is 0 Å². The summed E-state index contributed by atoms with van der Waals surface area (Å²) >= 11 is 6.39. The summed E-state index contributed by atoms with van der Waals surface area (Å²) in [6.45, 7) is 2.09. The van der Waals surface area contributed by atoms with E-state index in [0.29, 0.717) is 17.4 Å². The molecule has 5 heteroatoms. The zero-order valence-electron chi connectivity index (χ0n) is 16.8. The highest BCUT2D eigenvalue weighted by atomic mass is 35.5. The molecule has 0 amide bonds. The fraction of sp³-hybridized carbons (Fsp3) is 0.250. The van der Waals surface area contributed by atoms with Gasteiger partial charge in [-0.2, -0.15) is 0 Å². The molecule has 0 aliphatic rings. The van der Waals surface area contributed by atoms with Gasteiger partial charge in [0.15, 0.2) is 11.5 Å². The van der Waals surface area contributed by atoms with Gasteiger partial charge in [-0.15, -0.1) is 0 Å². The van der Waals surface area contributed by atoms with E-state index < -0.39 is 0 Å². The summed E-state index contributed by atoms with van der Waals surface area (Å²) < 4.78 is 16.5. The Morgan fingerprint density at radius 3 is 2.21 bits per heavy atom. The van der Waals surface area contributed by atoms with Crippen molar-refractivity contribution in [3.05, 3.63) is 88.4 Å². The minimum absolute atomic E-state index is 0.503. The first-order valence-electron chi connectivity index (χ1n) is 9.56. The molecule has 0 saturated carbocycles. The SMILES string of the molecule is COc1ccc(CCNCc2ccc(OCc3ccccc3)c(Cl)c2)cc1OC. The third kappa shape index (κ3) is 6.14. The number of halogens is 1. The molecule has 0 radical (unpaired) electrons. The van der Waals surface area contributed by atoms with Gasteiger partial charge in [0.2, 0.25) is 0 Å². The number of methoxy groups -OCH3 is 2. The molecule has 0 spiro atoms. The quantitative estimate of drug-likeness (QED) is 0.461. The number of rotatable bonds is 10. The molecule has 1 N–H and O–H groups in total. The molecule has 0 saturated heterocycles. The van der Waals surface area contributed by atoms with Crippen molar-refractivity contribution in [2.75, 3.05) is 20.8 Å². The van der Waals surface area contributed by atoms with E-state index in [0.717, 1.165) is 42.1 Å². The van der Waals surface area contributed by atoms with Crippen molar-refractivity contribution in [3.63, 3.8) is 0 Å². The minimum atomic E-state index is 0.503. The van der Waals surface area contributed by atoms with E-state index in [2.05, 4.69) is 11.4 Å². The first-order valence-corrected chi connectivity index (χ1v) is 9.94. The highest BCUT2D eigenvalue weighted by Crippen LogP contribution is 2.28. The lowest BCUT2D eigenvalue weighted by Crippen LogP contribution is -2.16. The average Bonchev–Trinajstić information content (AvgIpc) is 2.76. The van der Waals surface area contributed by atoms with Crippen molar-refractivity contribution in [1.82, 2.24) is 5.32 Å². The topological polar surface area (TPSA) is 39.7 Å². The molecule has 0 unspecified atom stereocenters. The molecular weight excluding hydrogens is 386 g/mol. The molecule has 3 aromatic rings. The largest absolute Gasteiger partial charge is 0.493 e. The maximum Gasteiger partial charge on any atom is 0.160 e. The van der Waals surface area contributed by atoms with Gasteiger partial charge in [-0.1, -0.05) is 54.1 Å². The van der Waals surface area contributed by atoms with E-state index in [-0.39, 0.29) is 0 Å². The maximum absolute atomic E-state index is 6.39. The summed E-state index contributed by atoms with van der Waals surface area (Å²) in [5.74, 6) is 2.20. The van der Waals surface area contributed by atoms with Gasteiger partial charge < -0.3 is 19.5 Å². The van der Waals surface area contributed by atoms with Gasteiger partial charge in [-0.25, -0.2) is 0 Å². The lowest BCUT2D eigenvalue weighted by atomic mass is 10.1. The Morgan fingerprint density at radius 1 is 0.759 bits per heavy atom. The third-order valence-electron chi connectivity index (χ3n) is 4.60. The average molecular weight is 412 g/mol. The summed E-state index contributed by atoms with van der Waals surface area (Å²) in [7, 11) is 3.29. The lowest BCUT2D eigenvalue weighted by Gasteiger charge is -2.11. The van der Waals surface area contributed by atoms with Crippen LogP contribution in [0.1, 0.15) is 16.7 Å². The molecular formula is C24H26ClNO3. The molecule has 152 valence electrons. The highest BCUT2D eigenvalue weighted by Gasteiger charge is 2.06. The summed E-state index contributed by atoms with van der Waals surface area (Å²) in [5.41, 5.74) is 3.43. The van der Waals surface area contributed by atoms with Crippen LogP contribution < -0.4 is 19.5 Å². The van der Waals surface area contributed by atoms with E-state index in [9.17, 15) is 0 Å². The van der Waals surface area contributed by atoms with Crippen LogP contribution in [0.2, 0.25) is 5.02 Å². The fourth-order valence-corrected chi connectivity index (χ4v) is 3.27. The van der Waals surface area contributed by atoms with Gasteiger partial charge in [0, 0.05) is 6.54 Å². The second kappa shape index (κ2) is 10.7. The van der Waals surface area contributed by atoms with Crippen LogP contribution in [0.25, 0.3) is 0 Å². The predicted molar refractivity (Wildman–Crippen MR) is 117 cm³/mol. The van der Waals surface area contributed by atoms with Crippen molar-refractivity contribution in [3.8, 4) is 17.2 Å². The summed E-state index contributed by atoms with van der Waals surface area (Å²) in [4.78, 5) is 0. The molecule has 0 fully saturated rings. The second-order valence-corrected chi connectivity index (χ2v) is 7.06. The number of ether oxygens (including phenoxy) is 3. The normalized spacial score (nSPS) is 10.6. The van der Waals surface area contributed by atoms with Crippen LogP contribution in [-0.2, 0) is 19.6 Å². The van der Waals surface area contributed by atoms with E-state index in [1.54, 1.807) is 14.2 Å². The molecule has 0 atom stereocenters. The van der Waals surface area contributed by atoms with Crippen molar-refractivity contribution >= 4 is 11.6 Å². The molecule has 3 aromatic carbocycles. The van der Waals surface area contributed by atoms with Crippen LogP contribution in [0.5, 0.6) is 17.2 Å². The summed E-state index contributed by atoms with van der Waals surface area (Å²) in [6, 6.07) is 22.0. The molecule has 3 rings (SSSR count). The zero-order valence-corrected chi connectivity index (χ0v) is 17.5. The fourth-order valence-electron chi connectivity index (χ4n) is 3.01. The standard InChI is InChI=1S/C24H26ClNO3/c1-27-23-11-8-18(15-24(23)28-2)12-13-26-16-20-9-10-22(21(25)14-20)29-17-19-6-4-3-5-7-19/h3-11,14-15,26H,12-13,16-17H2,1-2H3. The van der Waals surface area contributed by atoms with Crippen LogP contribution in [-0.4, -0.2) is 20.8 Å². The zero-order chi connectivity index (χ0) is 20.5. The van der Waals surface area contributed by atoms with Crippen molar-refractivity contribution in [2.45, 2.75) is 19.6 Å². The van der Waals surface area contributed by atoms with Crippen molar-refractivity contribution in [2.24, 2.45) is 0 Å². The van der Waals surface area contributed by atoms with E-state index in [4.69, 9.17) is 25.8 Å². The van der Waals surface area contributed by atoms with Gasteiger partial charge >= 0.3 is 0 Å². The van der Waals surface area contributed by atoms with Gasteiger partial charge in [0.1, 0.15) is 12.4 Å². The van der Waals surface area contributed by atoms with Gasteiger partial charge in [-0.05, 0) is 53.9 Å². The smallest absolute Gasteiger partial charge is 0.160 e. The van der Waals surface area contributed by atoms with Gasteiger partial charge in [0.25, 0.3) is 0 Å². The Labute approximate surface area is 177 Å². The molecule has 0 heterocycles. The van der Waals surface area contributed by atoms with E-state index in [1.165, 1.54) is 5.56 Å². The summed E-state index contributed by atoms with van der Waals surface area (Å²) in [5, 5.41) is 4.07. The molecule has 0 aromatic heterocycles. The lowest BCUT2D eigenvalue weighted by molar-refractivity contribution is 0.306. The number of hydrogen-bond donors (Lipinski definition) is 1. The highest BCUT2D eigenvalue weighted by molar-refractivity contribution is 6.32. The van der Waals surface area contributed by atoms with Crippen LogP contribution in [0.3, 0.4) is 0 Å². The first kappa shape index (κ1) is 21.0. The Kier molecular flexibility index (Phi) is 7.79. The summed E-state index contributed by atoms with van der Waals surface area (Å²) in [6.07, 6.45) is 0.895. The van der Waals surface area contributed by atoms with Crippen molar-refractivity contribution < 1.29 is 14.2 Å². The Morgan fingerprint density at radius 2 is 1.48 bits per heavy atom. The Hall–Kier alpha value is -2.69. The Balaban J connectivity index is 1.47. The second-order valence-electron chi connectivity index (χ2n) is 6.66. The van der Waals surface area contributed by atoms with E-state index in [1.807, 2.05) is 60.7 Å².